The molecule has 0 spiro atoms. The lowest BCUT2D eigenvalue weighted by atomic mass is 10.1. The number of esters is 1. The van der Waals surface area contributed by atoms with Crippen molar-refractivity contribution in [2.24, 2.45) is 5.92 Å². The molecule has 0 radical (unpaired) electrons. The summed E-state index contributed by atoms with van der Waals surface area (Å²) < 4.78 is 16.2. The van der Waals surface area contributed by atoms with Crippen LogP contribution in [0.2, 0.25) is 0 Å². The monoisotopic (exact) mass is 425 g/mol. The number of nitrogens with zero attached hydrogens (tertiary/aromatic N) is 1. The lowest BCUT2D eigenvalue weighted by Gasteiger charge is -2.14. The minimum absolute atomic E-state index is 0.0521. The summed E-state index contributed by atoms with van der Waals surface area (Å²) in [5.41, 5.74) is 0.796. The van der Waals surface area contributed by atoms with Gasteiger partial charge in [0, 0.05) is 6.54 Å². The molecule has 2 aromatic carbocycles. The third-order valence-corrected chi connectivity index (χ3v) is 4.86. The summed E-state index contributed by atoms with van der Waals surface area (Å²) in [6.45, 7) is 7.18. The number of rotatable bonds is 10. The van der Waals surface area contributed by atoms with E-state index in [1.807, 2.05) is 20.8 Å². The predicted octanol–water partition coefficient (Wildman–Crippen LogP) is 3.96. The van der Waals surface area contributed by atoms with Gasteiger partial charge in [-0.15, -0.1) is 0 Å². The molecular formula is C24H27NO6. The van der Waals surface area contributed by atoms with E-state index in [9.17, 15) is 14.4 Å². The van der Waals surface area contributed by atoms with Crippen molar-refractivity contribution in [3.05, 3.63) is 59.2 Å². The van der Waals surface area contributed by atoms with Crippen LogP contribution in [0.4, 0.5) is 0 Å². The fourth-order valence-corrected chi connectivity index (χ4v) is 3.18. The van der Waals surface area contributed by atoms with Crippen LogP contribution in [0.1, 0.15) is 58.3 Å². The van der Waals surface area contributed by atoms with Crippen LogP contribution in [-0.2, 0) is 4.74 Å². The Morgan fingerprint density at radius 1 is 0.903 bits per heavy atom. The Morgan fingerprint density at radius 2 is 1.55 bits per heavy atom. The Hall–Kier alpha value is -3.35. The molecule has 1 heterocycles. The number of imide groups is 1. The molecule has 0 atom stereocenters. The van der Waals surface area contributed by atoms with E-state index >= 15 is 0 Å². The van der Waals surface area contributed by atoms with Gasteiger partial charge in [-0.2, -0.15) is 0 Å². The summed E-state index contributed by atoms with van der Waals surface area (Å²) in [6, 6.07) is 11.6. The standard InChI is InChI=1S/C24H27NO6/c1-4-29-18-6-8-19(9-7-18)30-13-14-31-24(28)17-5-10-20-21(15-17)23(27)25(22(20)26)12-11-16(2)3/h5-10,15-16H,4,11-14H2,1-3H3. The van der Waals surface area contributed by atoms with Gasteiger partial charge in [0.25, 0.3) is 11.8 Å². The fourth-order valence-electron chi connectivity index (χ4n) is 3.18. The van der Waals surface area contributed by atoms with Gasteiger partial charge in [-0.1, -0.05) is 13.8 Å². The first-order valence-corrected chi connectivity index (χ1v) is 10.4. The highest BCUT2D eigenvalue weighted by Gasteiger charge is 2.35. The molecule has 2 aromatic rings. The molecule has 0 N–H and O–H groups in total. The van der Waals surface area contributed by atoms with Crippen molar-refractivity contribution in [3.8, 4) is 11.5 Å². The van der Waals surface area contributed by atoms with Crippen molar-refractivity contribution in [2.75, 3.05) is 26.4 Å². The van der Waals surface area contributed by atoms with Gasteiger partial charge in [0.1, 0.15) is 24.7 Å². The third kappa shape index (κ3) is 5.42. The van der Waals surface area contributed by atoms with Gasteiger partial charge in [-0.3, -0.25) is 14.5 Å². The molecule has 2 amide bonds. The van der Waals surface area contributed by atoms with Crippen LogP contribution in [0.3, 0.4) is 0 Å². The Morgan fingerprint density at radius 3 is 2.19 bits per heavy atom. The Labute approximate surface area is 181 Å². The first kappa shape index (κ1) is 22.3. The molecule has 1 aliphatic rings. The SMILES string of the molecule is CCOc1ccc(OCCOC(=O)c2ccc3c(c2)C(=O)N(CCC(C)C)C3=O)cc1. The molecule has 164 valence electrons. The molecule has 7 nitrogen and oxygen atoms in total. The van der Waals surface area contributed by atoms with Gasteiger partial charge < -0.3 is 14.2 Å². The summed E-state index contributed by atoms with van der Waals surface area (Å²) in [7, 11) is 0. The lowest BCUT2D eigenvalue weighted by molar-refractivity contribution is 0.0450. The quantitative estimate of drug-likeness (QED) is 0.326. The van der Waals surface area contributed by atoms with Gasteiger partial charge >= 0.3 is 5.97 Å². The fraction of sp³-hybridized carbons (Fsp3) is 0.375. The first-order chi connectivity index (χ1) is 14.9. The van der Waals surface area contributed by atoms with Gasteiger partial charge in [0.15, 0.2) is 0 Å². The van der Waals surface area contributed by atoms with Crippen LogP contribution in [-0.4, -0.2) is 49.0 Å². The molecule has 0 saturated carbocycles. The van der Waals surface area contributed by atoms with Crippen LogP contribution in [0.15, 0.2) is 42.5 Å². The van der Waals surface area contributed by atoms with Crippen molar-refractivity contribution in [1.29, 1.82) is 0 Å². The summed E-state index contributed by atoms with van der Waals surface area (Å²) in [5, 5.41) is 0. The highest BCUT2D eigenvalue weighted by molar-refractivity contribution is 6.21. The number of ether oxygens (including phenoxy) is 3. The van der Waals surface area contributed by atoms with E-state index in [0.29, 0.717) is 30.4 Å². The molecular weight excluding hydrogens is 398 g/mol. The molecule has 0 aromatic heterocycles. The number of hydrogen-bond acceptors (Lipinski definition) is 6. The van der Waals surface area contributed by atoms with E-state index in [1.54, 1.807) is 24.3 Å². The van der Waals surface area contributed by atoms with E-state index in [1.165, 1.54) is 23.1 Å². The van der Waals surface area contributed by atoms with E-state index in [0.717, 1.165) is 12.2 Å². The summed E-state index contributed by atoms with van der Waals surface area (Å²) in [4.78, 5) is 38.7. The zero-order valence-electron chi connectivity index (χ0n) is 18.1. The number of hydrogen-bond donors (Lipinski definition) is 0. The van der Waals surface area contributed by atoms with E-state index in [-0.39, 0.29) is 36.2 Å². The molecule has 3 rings (SSSR count). The molecule has 31 heavy (non-hydrogen) atoms. The van der Waals surface area contributed by atoms with Crippen molar-refractivity contribution in [1.82, 2.24) is 4.90 Å². The average Bonchev–Trinajstić information content (AvgIpc) is 3.00. The summed E-state index contributed by atoms with van der Waals surface area (Å²) in [6.07, 6.45) is 0.731. The van der Waals surface area contributed by atoms with Crippen LogP contribution >= 0.6 is 0 Å². The Balaban J connectivity index is 1.53. The number of carbonyl (C=O) groups excluding carboxylic acids is 3. The van der Waals surface area contributed by atoms with Gasteiger partial charge in [0.2, 0.25) is 0 Å². The molecule has 0 fully saturated rings. The maximum atomic E-state index is 12.6. The Bertz CT molecular complexity index is 951. The second-order valence-electron chi connectivity index (χ2n) is 7.59. The molecule has 7 heteroatoms. The predicted molar refractivity (Wildman–Crippen MR) is 115 cm³/mol. The van der Waals surface area contributed by atoms with E-state index < -0.39 is 5.97 Å². The topological polar surface area (TPSA) is 82.1 Å². The van der Waals surface area contributed by atoms with Gasteiger partial charge in [0.05, 0.1) is 23.3 Å². The maximum absolute atomic E-state index is 12.6. The zero-order chi connectivity index (χ0) is 22.4. The zero-order valence-corrected chi connectivity index (χ0v) is 18.1. The number of fused-ring (bicyclic) bond motifs is 1. The summed E-state index contributed by atoms with van der Waals surface area (Å²) in [5.74, 6) is 0.522. The van der Waals surface area contributed by atoms with E-state index in [4.69, 9.17) is 14.2 Å². The van der Waals surface area contributed by atoms with Crippen molar-refractivity contribution in [2.45, 2.75) is 27.2 Å². The largest absolute Gasteiger partial charge is 0.494 e. The Kier molecular flexibility index (Phi) is 7.28. The van der Waals surface area contributed by atoms with E-state index in [2.05, 4.69) is 0 Å². The normalized spacial score (nSPS) is 12.8. The highest BCUT2D eigenvalue weighted by Crippen LogP contribution is 2.25. The molecule has 0 unspecified atom stereocenters. The van der Waals surface area contributed by atoms with Crippen LogP contribution in [0.25, 0.3) is 0 Å². The number of carbonyl (C=O) groups is 3. The third-order valence-electron chi connectivity index (χ3n) is 4.86. The van der Waals surface area contributed by atoms with Crippen molar-refractivity contribution in [3.63, 3.8) is 0 Å². The molecule has 0 bridgehead atoms. The van der Waals surface area contributed by atoms with Crippen molar-refractivity contribution >= 4 is 17.8 Å². The number of benzene rings is 2. The summed E-state index contributed by atoms with van der Waals surface area (Å²) >= 11 is 0. The molecule has 1 aliphatic heterocycles. The van der Waals surface area contributed by atoms with Crippen molar-refractivity contribution < 1.29 is 28.6 Å². The molecule has 0 saturated heterocycles. The van der Waals surface area contributed by atoms with Crippen LogP contribution < -0.4 is 9.47 Å². The minimum Gasteiger partial charge on any atom is -0.494 e. The smallest absolute Gasteiger partial charge is 0.338 e. The number of amides is 2. The second-order valence-corrected chi connectivity index (χ2v) is 7.59. The van der Waals surface area contributed by atoms with Gasteiger partial charge in [-0.05, 0) is 61.7 Å². The maximum Gasteiger partial charge on any atom is 0.338 e. The lowest BCUT2D eigenvalue weighted by Crippen LogP contribution is -2.31. The molecule has 0 aliphatic carbocycles. The van der Waals surface area contributed by atoms with Gasteiger partial charge in [-0.25, -0.2) is 4.79 Å². The second kappa shape index (κ2) is 10.1. The highest BCUT2D eigenvalue weighted by atomic mass is 16.6. The van der Waals surface area contributed by atoms with Crippen LogP contribution in [0, 0.1) is 5.92 Å². The average molecular weight is 425 g/mol. The van der Waals surface area contributed by atoms with Crippen LogP contribution in [0.5, 0.6) is 11.5 Å². The first-order valence-electron chi connectivity index (χ1n) is 10.4. The minimum atomic E-state index is -0.570.